The van der Waals surface area contributed by atoms with Crippen LogP contribution in [-0.4, -0.2) is 59.0 Å². The molecule has 1 aliphatic rings. The van der Waals surface area contributed by atoms with Crippen LogP contribution in [0, 0.1) is 0 Å². The minimum atomic E-state index is -0.0148. The fourth-order valence-electron chi connectivity index (χ4n) is 3.19. The summed E-state index contributed by atoms with van der Waals surface area (Å²) < 4.78 is 5.22. The van der Waals surface area contributed by atoms with Gasteiger partial charge < -0.3 is 19.9 Å². The van der Waals surface area contributed by atoms with E-state index in [1.807, 2.05) is 29.2 Å². The molecule has 1 N–H and O–H groups in total. The van der Waals surface area contributed by atoms with E-state index in [1.54, 1.807) is 43.9 Å². The molecule has 0 aliphatic carbocycles. The molecule has 0 saturated carbocycles. The predicted octanol–water partition coefficient (Wildman–Crippen LogP) is 2.59. The largest absolute Gasteiger partial charge is 0.497 e. The summed E-state index contributed by atoms with van der Waals surface area (Å²) in [5.74, 6) is 2.12. The molecular formula is C21H22N6O2. The number of amides is 1. The van der Waals surface area contributed by atoms with Gasteiger partial charge in [0.05, 0.1) is 12.7 Å². The van der Waals surface area contributed by atoms with Crippen LogP contribution in [0.15, 0.2) is 61.1 Å². The van der Waals surface area contributed by atoms with E-state index in [4.69, 9.17) is 4.74 Å². The molecule has 4 rings (SSSR count). The summed E-state index contributed by atoms with van der Waals surface area (Å²) in [6.07, 6.45) is 5.07. The Morgan fingerprint density at radius 2 is 1.79 bits per heavy atom. The topological polar surface area (TPSA) is 83.5 Å². The van der Waals surface area contributed by atoms with Gasteiger partial charge in [0.25, 0.3) is 5.91 Å². The van der Waals surface area contributed by atoms with Gasteiger partial charge in [-0.25, -0.2) is 15.0 Å². The zero-order valence-corrected chi connectivity index (χ0v) is 16.2. The third-order valence-corrected chi connectivity index (χ3v) is 4.75. The maximum absolute atomic E-state index is 12.8. The number of anilines is 3. The second-order valence-electron chi connectivity index (χ2n) is 6.62. The van der Waals surface area contributed by atoms with Crippen molar-refractivity contribution in [2.24, 2.45) is 0 Å². The number of methoxy groups -OCH3 is 1. The normalized spacial score (nSPS) is 13.8. The zero-order chi connectivity index (χ0) is 20.1. The van der Waals surface area contributed by atoms with Gasteiger partial charge in [0.2, 0.25) is 5.95 Å². The summed E-state index contributed by atoms with van der Waals surface area (Å²) in [7, 11) is 1.63. The Balaban J connectivity index is 1.36. The Labute approximate surface area is 169 Å². The van der Waals surface area contributed by atoms with Crippen molar-refractivity contribution in [1.29, 1.82) is 0 Å². The van der Waals surface area contributed by atoms with E-state index in [-0.39, 0.29) is 5.91 Å². The molecule has 0 spiro atoms. The van der Waals surface area contributed by atoms with Crippen LogP contribution in [0.5, 0.6) is 5.75 Å². The molecule has 3 aromatic rings. The minimum Gasteiger partial charge on any atom is -0.497 e. The molecule has 1 aliphatic heterocycles. The van der Waals surface area contributed by atoms with Crippen molar-refractivity contribution in [3.63, 3.8) is 0 Å². The highest BCUT2D eigenvalue weighted by atomic mass is 16.5. The van der Waals surface area contributed by atoms with Crippen LogP contribution in [0.3, 0.4) is 0 Å². The standard InChI is InChI=1S/C21H22N6O2/c1-29-18-5-2-4-17(14-18)25-19-7-6-16(15-24-19)20(28)26-10-12-27(13-11-26)21-22-8-3-9-23-21/h2-9,14-15H,10-13H2,1H3,(H,24,25). The number of ether oxygens (including phenoxy) is 1. The lowest BCUT2D eigenvalue weighted by atomic mass is 10.2. The van der Waals surface area contributed by atoms with E-state index < -0.39 is 0 Å². The smallest absolute Gasteiger partial charge is 0.255 e. The number of carbonyl (C=O) groups excluding carboxylic acids is 1. The maximum atomic E-state index is 12.8. The van der Waals surface area contributed by atoms with Gasteiger partial charge in [-0.15, -0.1) is 0 Å². The number of rotatable bonds is 5. The lowest BCUT2D eigenvalue weighted by molar-refractivity contribution is 0.0746. The molecule has 1 saturated heterocycles. The van der Waals surface area contributed by atoms with Gasteiger partial charge in [0, 0.05) is 56.5 Å². The van der Waals surface area contributed by atoms with Crippen LogP contribution in [0.2, 0.25) is 0 Å². The average molecular weight is 390 g/mol. The third kappa shape index (κ3) is 4.43. The summed E-state index contributed by atoms with van der Waals surface area (Å²) in [4.78, 5) is 29.6. The molecule has 0 atom stereocenters. The first-order valence-electron chi connectivity index (χ1n) is 9.41. The first-order chi connectivity index (χ1) is 14.2. The molecule has 8 heteroatoms. The molecular weight excluding hydrogens is 368 g/mol. The number of hydrogen-bond acceptors (Lipinski definition) is 7. The van der Waals surface area contributed by atoms with Crippen LogP contribution >= 0.6 is 0 Å². The molecule has 2 aromatic heterocycles. The molecule has 0 bridgehead atoms. The molecule has 3 heterocycles. The van der Waals surface area contributed by atoms with Crippen molar-refractivity contribution in [1.82, 2.24) is 19.9 Å². The Kier molecular flexibility index (Phi) is 5.51. The molecule has 1 fully saturated rings. The number of benzene rings is 1. The Morgan fingerprint density at radius 3 is 2.48 bits per heavy atom. The van der Waals surface area contributed by atoms with E-state index in [2.05, 4.69) is 25.2 Å². The average Bonchev–Trinajstić information content (AvgIpc) is 2.80. The van der Waals surface area contributed by atoms with Gasteiger partial charge in [-0.1, -0.05) is 6.07 Å². The predicted molar refractivity (Wildman–Crippen MR) is 111 cm³/mol. The number of carbonyl (C=O) groups is 1. The van der Waals surface area contributed by atoms with Gasteiger partial charge in [0.1, 0.15) is 11.6 Å². The highest BCUT2D eigenvalue weighted by Crippen LogP contribution is 2.20. The maximum Gasteiger partial charge on any atom is 0.255 e. The van der Waals surface area contributed by atoms with Crippen molar-refractivity contribution >= 4 is 23.4 Å². The van der Waals surface area contributed by atoms with Crippen LogP contribution in [0.1, 0.15) is 10.4 Å². The molecule has 29 heavy (non-hydrogen) atoms. The highest BCUT2D eigenvalue weighted by molar-refractivity contribution is 5.94. The second kappa shape index (κ2) is 8.55. The molecule has 1 amide bonds. The second-order valence-corrected chi connectivity index (χ2v) is 6.62. The van der Waals surface area contributed by atoms with Crippen molar-refractivity contribution < 1.29 is 9.53 Å². The summed E-state index contributed by atoms with van der Waals surface area (Å²) in [6.45, 7) is 2.67. The Bertz CT molecular complexity index is 956. The van der Waals surface area contributed by atoms with E-state index in [0.29, 0.717) is 43.5 Å². The van der Waals surface area contributed by atoms with Crippen LogP contribution < -0.4 is 15.0 Å². The van der Waals surface area contributed by atoms with Crippen molar-refractivity contribution in [3.8, 4) is 5.75 Å². The van der Waals surface area contributed by atoms with Gasteiger partial charge in [-0.05, 0) is 30.3 Å². The summed E-state index contributed by atoms with van der Waals surface area (Å²) in [5, 5.41) is 3.21. The van der Waals surface area contributed by atoms with Gasteiger partial charge in [0.15, 0.2) is 0 Å². The number of nitrogens with one attached hydrogen (secondary N) is 1. The lowest BCUT2D eigenvalue weighted by Gasteiger charge is -2.34. The van der Waals surface area contributed by atoms with Crippen molar-refractivity contribution in [2.75, 3.05) is 43.5 Å². The fraction of sp³-hybridized carbons (Fsp3) is 0.238. The zero-order valence-electron chi connectivity index (χ0n) is 16.2. The SMILES string of the molecule is COc1cccc(Nc2ccc(C(=O)N3CCN(c4ncccn4)CC3)cn2)c1. The fourth-order valence-corrected chi connectivity index (χ4v) is 3.19. The summed E-state index contributed by atoms with van der Waals surface area (Å²) >= 11 is 0. The molecule has 0 unspecified atom stereocenters. The van der Waals surface area contributed by atoms with E-state index >= 15 is 0 Å². The Morgan fingerprint density at radius 1 is 1.00 bits per heavy atom. The van der Waals surface area contributed by atoms with Crippen molar-refractivity contribution in [2.45, 2.75) is 0 Å². The number of aromatic nitrogens is 3. The van der Waals surface area contributed by atoms with Gasteiger partial charge in [-0.3, -0.25) is 4.79 Å². The van der Waals surface area contributed by atoms with E-state index in [0.717, 1.165) is 11.4 Å². The number of piperazine rings is 1. The van der Waals surface area contributed by atoms with Crippen LogP contribution in [-0.2, 0) is 0 Å². The van der Waals surface area contributed by atoms with Crippen molar-refractivity contribution in [3.05, 3.63) is 66.6 Å². The molecule has 148 valence electrons. The summed E-state index contributed by atoms with van der Waals surface area (Å²) in [5.41, 5.74) is 1.45. The van der Waals surface area contributed by atoms with E-state index in [9.17, 15) is 4.79 Å². The molecule has 8 nitrogen and oxygen atoms in total. The van der Waals surface area contributed by atoms with Gasteiger partial charge in [-0.2, -0.15) is 0 Å². The first kappa shape index (κ1) is 18.7. The molecule has 0 radical (unpaired) electrons. The number of hydrogen-bond donors (Lipinski definition) is 1. The van der Waals surface area contributed by atoms with Crippen LogP contribution in [0.4, 0.5) is 17.5 Å². The third-order valence-electron chi connectivity index (χ3n) is 4.75. The first-order valence-corrected chi connectivity index (χ1v) is 9.41. The molecule has 1 aromatic carbocycles. The quantitative estimate of drug-likeness (QED) is 0.717. The number of pyridine rings is 1. The highest BCUT2D eigenvalue weighted by Gasteiger charge is 2.23. The minimum absolute atomic E-state index is 0.0148. The summed E-state index contributed by atoms with van der Waals surface area (Å²) in [6, 6.07) is 13.0. The van der Waals surface area contributed by atoms with E-state index in [1.165, 1.54) is 0 Å². The monoisotopic (exact) mass is 390 g/mol. The van der Waals surface area contributed by atoms with Gasteiger partial charge >= 0.3 is 0 Å². The Hall–Kier alpha value is -3.68. The lowest BCUT2D eigenvalue weighted by Crippen LogP contribution is -2.49. The van der Waals surface area contributed by atoms with Crippen LogP contribution in [0.25, 0.3) is 0 Å². The number of nitrogens with zero attached hydrogens (tertiary/aromatic N) is 5.